The maximum absolute atomic E-state index is 13.2. The van der Waals surface area contributed by atoms with Crippen molar-refractivity contribution in [1.82, 2.24) is 15.1 Å². The number of nitrogens with one attached hydrogen (secondary N) is 1. The molecule has 2 aromatic rings. The quantitative estimate of drug-likeness (QED) is 0.533. The topological polar surface area (TPSA) is 93.3 Å². The van der Waals surface area contributed by atoms with Crippen LogP contribution in [0.1, 0.15) is 41.6 Å². The molecule has 9 nitrogen and oxygen atoms in total. The van der Waals surface area contributed by atoms with E-state index in [1.54, 1.807) is 9.80 Å². The molecule has 4 heterocycles. The third-order valence-electron chi connectivity index (χ3n) is 8.12. The van der Waals surface area contributed by atoms with Gasteiger partial charge in [-0.3, -0.25) is 24.6 Å². The summed E-state index contributed by atoms with van der Waals surface area (Å²) in [6.45, 7) is 3.31. The maximum Gasteiger partial charge on any atom is 0.328 e. The Morgan fingerprint density at radius 3 is 2.54 bits per heavy atom. The van der Waals surface area contributed by atoms with Crippen molar-refractivity contribution in [2.75, 3.05) is 36.0 Å². The van der Waals surface area contributed by atoms with E-state index >= 15 is 0 Å². The average Bonchev–Trinajstić information content (AvgIpc) is 3.25. The molecule has 0 aliphatic carbocycles. The molecular formula is C29H30BrN5O4. The number of imide groups is 1. The summed E-state index contributed by atoms with van der Waals surface area (Å²) in [6, 6.07) is 13.2. The first kappa shape index (κ1) is 25.6. The molecule has 0 saturated carbocycles. The van der Waals surface area contributed by atoms with Gasteiger partial charge in [0.2, 0.25) is 11.8 Å². The highest BCUT2D eigenvalue weighted by Gasteiger charge is 2.39. The number of anilines is 2. The fraction of sp³-hybridized carbons (Fsp3) is 0.379. The van der Waals surface area contributed by atoms with E-state index in [0.717, 1.165) is 47.3 Å². The molecule has 202 valence electrons. The van der Waals surface area contributed by atoms with Crippen molar-refractivity contribution in [3.05, 3.63) is 70.3 Å². The van der Waals surface area contributed by atoms with Crippen molar-refractivity contribution in [1.29, 1.82) is 0 Å². The van der Waals surface area contributed by atoms with Crippen molar-refractivity contribution in [2.24, 2.45) is 5.92 Å². The van der Waals surface area contributed by atoms with Crippen LogP contribution in [0.15, 0.2) is 59.2 Å². The molecule has 39 heavy (non-hydrogen) atoms. The molecular weight excluding hydrogens is 562 g/mol. The summed E-state index contributed by atoms with van der Waals surface area (Å²) in [6.07, 6.45) is 6.43. The van der Waals surface area contributed by atoms with Crippen LogP contribution in [-0.4, -0.2) is 65.8 Å². The van der Waals surface area contributed by atoms with Crippen LogP contribution in [0, 0.1) is 5.92 Å². The Morgan fingerprint density at radius 1 is 0.949 bits per heavy atom. The second-order valence-electron chi connectivity index (χ2n) is 10.6. The van der Waals surface area contributed by atoms with Crippen LogP contribution in [0.4, 0.5) is 16.2 Å². The van der Waals surface area contributed by atoms with Gasteiger partial charge in [0.1, 0.15) is 6.04 Å². The number of rotatable bonds is 5. The van der Waals surface area contributed by atoms with Gasteiger partial charge in [0.05, 0.1) is 0 Å². The second kappa shape index (κ2) is 10.5. The van der Waals surface area contributed by atoms with Crippen LogP contribution < -0.4 is 15.1 Å². The van der Waals surface area contributed by atoms with Crippen molar-refractivity contribution in [3.8, 4) is 0 Å². The highest BCUT2D eigenvalue weighted by molar-refractivity contribution is 9.10. The van der Waals surface area contributed by atoms with Crippen LogP contribution in [0.5, 0.6) is 0 Å². The number of carbonyl (C=O) groups is 4. The number of hydrogen-bond acceptors (Lipinski definition) is 5. The number of nitrogens with zero attached hydrogens (tertiary/aromatic N) is 4. The Kier molecular flexibility index (Phi) is 6.88. The number of amides is 5. The zero-order chi connectivity index (χ0) is 27.1. The van der Waals surface area contributed by atoms with Crippen molar-refractivity contribution >= 4 is 51.1 Å². The Morgan fingerprint density at radius 2 is 1.77 bits per heavy atom. The summed E-state index contributed by atoms with van der Waals surface area (Å²) in [5.41, 5.74) is 3.42. The molecule has 10 heteroatoms. The van der Waals surface area contributed by atoms with Gasteiger partial charge in [0, 0.05) is 66.8 Å². The normalized spacial score (nSPS) is 22.0. The first-order valence-electron chi connectivity index (χ1n) is 13.4. The van der Waals surface area contributed by atoms with Crippen molar-refractivity contribution in [3.63, 3.8) is 0 Å². The summed E-state index contributed by atoms with van der Waals surface area (Å²) in [5.74, 6) is -0.442. The minimum Gasteiger partial charge on any atom is -0.371 e. The zero-order valence-corrected chi connectivity index (χ0v) is 23.1. The van der Waals surface area contributed by atoms with Gasteiger partial charge in [0.25, 0.3) is 5.91 Å². The minimum absolute atomic E-state index is 0.00395. The molecule has 1 unspecified atom stereocenters. The van der Waals surface area contributed by atoms with E-state index in [0.29, 0.717) is 37.5 Å². The predicted octanol–water partition coefficient (Wildman–Crippen LogP) is 3.88. The lowest BCUT2D eigenvalue weighted by atomic mass is 9.95. The Balaban J connectivity index is 1.06. The Bertz CT molecular complexity index is 1370. The molecule has 1 N–H and O–H groups in total. The molecule has 6 rings (SSSR count). The summed E-state index contributed by atoms with van der Waals surface area (Å²) in [7, 11) is 0. The molecule has 4 aliphatic heterocycles. The fourth-order valence-corrected chi connectivity index (χ4v) is 6.35. The Labute approximate surface area is 235 Å². The van der Waals surface area contributed by atoms with Crippen molar-refractivity contribution in [2.45, 2.75) is 38.3 Å². The molecule has 2 fully saturated rings. The minimum atomic E-state index is -0.604. The molecule has 0 aromatic heterocycles. The highest BCUT2D eigenvalue weighted by atomic mass is 79.9. The van der Waals surface area contributed by atoms with Gasteiger partial charge in [-0.25, -0.2) is 4.79 Å². The van der Waals surface area contributed by atoms with Gasteiger partial charge in [-0.05, 0) is 67.2 Å². The van der Waals surface area contributed by atoms with Crippen LogP contribution in [0.3, 0.4) is 0 Å². The third-order valence-corrected chi connectivity index (χ3v) is 8.61. The van der Waals surface area contributed by atoms with Crippen LogP contribution in [0.25, 0.3) is 0 Å². The highest BCUT2D eigenvalue weighted by Crippen LogP contribution is 2.32. The van der Waals surface area contributed by atoms with E-state index in [2.05, 4.69) is 26.1 Å². The van der Waals surface area contributed by atoms with Crippen LogP contribution in [-0.2, 0) is 16.1 Å². The number of benzene rings is 2. The molecule has 1 atom stereocenters. The molecule has 0 spiro atoms. The zero-order valence-electron chi connectivity index (χ0n) is 21.5. The number of urea groups is 1. The summed E-state index contributed by atoms with van der Waals surface area (Å²) in [4.78, 5) is 57.8. The molecule has 0 radical (unpaired) electrons. The standard InChI is InChI=1S/C29H30BrN5O4/c30-21-3-1-4-23(15-21)34-12-2-11-33(29(34)39)17-19-9-13-32(14-10-19)22-6-5-20-18-35(28(38)24(20)16-22)25-7-8-26(36)31-27(25)37/h1-6,11,15-16,19,25H,7-10,12-14,17-18H2,(H,31,36,37). The van der Waals surface area contributed by atoms with Gasteiger partial charge in [-0.2, -0.15) is 0 Å². The van der Waals surface area contributed by atoms with E-state index in [4.69, 9.17) is 0 Å². The molecule has 0 bridgehead atoms. The number of halogens is 1. The van der Waals surface area contributed by atoms with E-state index in [1.165, 1.54) is 0 Å². The molecule has 2 aromatic carbocycles. The lowest BCUT2D eigenvalue weighted by Crippen LogP contribution is -2.52. The number of carbonyl (C=O) groups excluding carboxylic acids is 4. The Hall–Kier alpha value is -3.66. The van der Waals surface area contributed by atoms with Gasteiger partial charge in [-0.1, -0.05) is 28.1 Å². The van der Waals surface area contributed by atoms with Gasteiger partial charge in [-0.15, -0.1) is 0 Å². The molecule has 4 aliphatic rings. The SMILES string of the molecule is O=C1CCC(N2Cc3ccc(N4CCC(CN5C=CCN(c6cccc(Br)c6)C5=O)CC4)cc3C2=O)C(=O)N1. The van der Waals surface area contributed by atoms with E-state index < -0.39 is 11.9 Å². The fourth-order valence-electron chi connectivity index (χ4n) is 5.97. The van der Waals surface area contributed by atoms with E-state index in [9.17, 15) is 19.2 Å². The van der Waals surface area contributed by atoms with Crippen molar-refractivity contribution < 1.29 is 19.2 Å². The van der Waals surface area contributed by atoms with Crippen LogP contribution >= 0.6 is 15.9 Å². The number of fused-ring (bicyclic) bond motifs is 1. The number of hydrogen-bond donors (Lipinski definition) is 1. The van der Waals surface area contributed by atoms with Gasteiger partial charge >= 0.3 is 6.03 Å². The second-order valence-corrected chi connectivity index (χ2v) is 11.5. The first-order chi connectivity index (χ1) is 18.9. The summed E-state index contributed by atoms with van der Waals surface area (Å²) < 4.78 is 0.943. The predicted molar refractivity (Wildman–Crippen MR) is 150 cm³/mol. The smallest absolute Gasteiger partial charge is 0.328 e. The summed E-state index contributed by atoms with van der Waals surface area (Å²) in [5, 5.41) is 2.35. The monoisotopic (exact) mass is 591 g/mol. The average molecular weight is 592 g/mol. The van der Waals surface area contributed by atoms with Gasteiger partial charge < -0.3 is 14.7 Å². The van der Waals surface area contributed by atoms with E-state index in [1.807, 2.05) is 59.6 Å². The number of piperidine rings is 2. The largest absolute Gasteiger partial charge is 0.371 e. The lowest BCUT2D eigenvalue weighted by Gasteiger charge is -2.37. The summed E-state index contributed by atoms with van der Waals surface area (Å²) >= 11 is 3.49. The van der Waals surface area contributed by atoms with Gasteiger partial charge in [0.15, 0.2) is 0 Å². The maximum atomic E-state index is 13.2. The third kappa shape index (κ3) is 5.05. The lowest BCUT2D eigenvalue weighted by molar-refractivity contribution is -0.136. The molecule has 5 amide bonds. The van der Waals surface area contributed by atoms with Crippen LogP contribution in [0.2, 0.25) is 0 Å². The van der Waals surface area contributed by atoms with E-state index in [-0.39, 0.29) is 24.3 Å². The first-order valence-corrected chi connectivity index (χ1v) is 14.2. The molecule has 2 saturated heterocycles.